The maximum Gasteiger partial charge on any atom is 0.274 e. The molecule has 190 valence electrons. The fraction of sp³-hybridized carbons (Fsp3) is 0.167. The van der Waals surface area contributed by atoms with Crippen molar-refractivity contribution in [2.45, 2.75) is 6.54 Å². The molecule has 0 atom stereocenters. The van der Waals surface area contributed by atoms with Crippen molar-refractivity contribution in [2.75, 3.05) is 41.7 Å². The molecule has 3 N–H and O–H groups in total. The van der Waals surface area contributed by atoms with E-state index in [9.17, 15) is 4.79 Å². The molecule has 0 saturated carbocycles. The third kappa shape index (κ3) is 5.07. The van der Waals surface area contributed by atoms with E-state index in [0.29, 0.717) is 11.3 Å². The van der Waals surface area contributed by atoms with Crippen LogP contribution >= 0.6 is 0 Å². The molecule has 1 aliphatic heterocycles. The van der Waals surface area contributed by atoms with Crippen molar-refractivity contribution in [3.8, 4) is 11.1 Å². The number of aromatic nitrogens is 3. The van der Waals surface area contributed by atoms with E-state index in [0.717, 1.165) is 60.9 Å². The van der Waals surface area contributed by atoms with Crippen molar-refractivity contribution in [1.82, 2.24) is 19.9 Å². The summed E-state index contributed by atoms with van der Waals surface area (Å²) in [5.74, 6) is -0.248. The highest BCUT2D eigenvalue weighted by atomic mass is 16.1. The van der Waals surface area contributed by atoms with Crippen molar-refractivity contribution < 1.29 is 4.79 Å². The van der Waals surface area contributed by atoms with Gasteiger partial charge in [0, 0.05) is 50.2 Å². The van der Waals surface area contributed by atoms with Crippen molar-refractivity contribution in [3.63, 3.8) is 0 Å². The van der Waals surface area contributed by atoms with Gasteiger partial charge in [-0.15, -0.1) is 0 Å². The van der Waals surface area contributed by atoms with Crippen LogP contribution in [0.1, 0.15) is 16.1 Å². The molecule has 0 radical (unpaired) electrons. The number of hydrogen-bond donors (Lipinski definition) is 3. The number of piperazine rings is 1. The Morgan fingerprint density at radius 2 is 1.66 bits per heavy atom. The number of carbonyl (C=O) groups is 1. The first-order chi connectivity index (χ1) is 18.7. The number of para-hydroxylation sites is 2. The van der Waals surface area contributed by atoms with Crippen LogP contribution in [0.5, 0.6) is 0 Å². The number of anilines is 3. The summed E-state index contributed by atoms with van der Waals surface area (Å²) in [5, 5.41) is 14.3. The molecule has 0 spiro atoms. The van der Waals surface area contributed by atoms with Gasteiger partial charge in [-0.1, -0.05) is 54.6 Å². The summed E-state index contributed by atoms with van der Waals surface area (Å²) >= 11 is 0. The minimum absolute atomic E-state index is 0.248. The molecule has 2 aromatic heterocycles. The number of nitrogens with zero attached hydrogens (tertiary/aromatic N) is 4. The van der Waals surface area contributed by atoms with E-state index < -0.39 is 0 Å². The molecule has 0 unspecified atom stereocenters. The summed E-state index contributed by atoms with van der Waals surface area (Å²) in [5.41, 5.74) is 6.90. The second-order valence-electron chi connectivity index (χ2n) is 9.26. The van der Waals surface area contributed by atoms with Crippen LogP contribution in [0.15, 0.2) is 97.3 Å². The predicted molar refractivity (Wildman–Crippen MR) is 152 cm³/mol. The topological polar surface area (TPSA) is 86.6 Å². The molecular weight excluding hydrogens is 474 g/mol. The highest BCUT2D eigenvalue weighted by Gasteiger charge is 2.18. The smallest absolute Gasteiger partial charge is 0.274 e. The molecule has 0 bridgehead atoms. The zero-order chi connectivity index (χ0) is 25.7. The van der Waals surface area contributed by atoms with Crippen LogP contribution in [0, 0.1) is 0 Å². The van der Waals surface area contributed by atoms with Crippen LogP contribution in [0.25, 0.3) is 16.8 Å². The molecule has 5 aromatic rings. The number of rotatable bonds is 7. The molecule has 38 heavy (non-hydrogen) atoms. The van der Waals surface area contributed by atoms with Gasteiger partial charge in [0.1, 0.15) is 5.69 Å². The molecule has 1 fully saturated rings. The van der Waals surface area contributed by atoms with Crippen LogP contribution in [0.2, 0.25) is 0 Å². The van der Waals surface area contributed by atoms with Gasteiger partial charge in [-0.05, 0) is 41.5 Å². The molecule has 1 saturated heterocycles. The van der Waals surface area contributed by atoms with Gasteiger partial charge >= 0.3 is 0 Å². The van der Waals surface area contributed by atoms with E-state index in [-0.39, 0.29) is 5.91 Å². The average molecular weight is 504 g/mol. The Morgan fingerprint density at radius 1 is 0.895 bits per heavy atom. The number of benzene rings is 3. The van der Waals surface area contributed by atoms with Crippen molar-refractivity contribution >= 4 is 28.6 Å². The van der Waals surface area contributed by atoms with Gasteiger partial charge in [0.2, 0.25) is 0 Å². The number of fused-ring (bicyclic) bond motifs is 1. The van der Waals surface area contributed by atoms with E-state index in [2.05, 4.69) is 38.1 Å². The normalized spacial score (nSPS) is 13.4. The van der Waals surface area contributed by atoms with Crippen molar-refractivity contribution in [3.05, 3.63) is 109 Å². The van der Waals surface area contributed by atoms with Gasteiger partial charge < -0.3 is 20.9 Å². The number of hydrogen-bond acceptors (Lipinski definition) is 6. The summed E-state index contributed by atoms with van der Waals surface area (Å²) in [6.45, 7) is 4.41. The molecule has 3 heterocycles. The second kappa shape index (κ2) is 10.7. The SMILES string of the molecule is O=C(Nc1ccccc1N1CCNCC1)c1ccn2ncc(-c3ccc(NCc4ccccc4)cc3)c2n1. The Morgan fingerprint density at radius 3 is 2.47 bits per heavy atom. The van der Waals surface area contributed by atoms with Crippen LogP contribution in [0.4, 0.5) is 17.1 Å². The standard InChI is InChI=1S/C30H29N7O/c38-30(35-26-8-4-5-9-28(26)36-18-15-31-16-19-36)27-14-17-37-29(34-27)25(21-33-37)23-10-12-24(13-11-23)32-20-22-6-2-1-3-7-22/h1-14,17,21,31-32H,15-16,18-20H2,(H,35,38). The Balaban J connectivity index is 1.20. The molecule has 1 amide bonds. The summed E-state index contributed by atoms with van der Waals surface area (Å²) in [6, 6.07) is 28.1. The van der Waals surface area contributed by atoms with Crippen LogP contribution in [0.3, 0.4) is 0 Å². The summed E-state index contributed by atoms with van der Waals surface area (Å²) in [7, 11) is 0. The minimum Gasteiger partial charge on any atom is -0.381 e. The number of amides is 1. The molecule has 8 nitrogen and oxygen atoms in total. The highest BCUT2D eigenvalue weighted by Crippen LogP contribution is 2.28. The minimum atomic E-state index is -0.248. The van der Waals surface area contributed by atoms with Crippen molar-refractivity contribution in [2.24, 2.45) is 0 Å². The lowest BCUT2D eigenvalue weighted by Gasteiger charge is -2.31. The third-order valence-corrected chi connectivity index (χ3v) is 6.75. The van der Waals surface area contributed by atoms with E-state index in [4.69, 9.17) is 4.98 Å². The Labute approximate surface area is 221 Å². The average Bonchev–Trinajstić information content (AvgIpc) is 3.41. The van der Waals surface area contributed by atoms with E-state index in [1.54, 1.807) is 23.0 Å². The second-order valence-corrected chi connectivity index (χ2v) is 9.26. The summed E-state index contributed by atoms with van der Waals surface area (Å²) < 4.78 is 1.70. The summed E-state index contributed by atoms with van der Waals surface area (Å²) in [4.78, 5) is 20.2. The lowest BCUT2D eigenvalue weighted by atomic mass is 10.1. The van der Waals surface area contributed by atoms with Crippen LogP contribution in [-0.4, -0.2) is 46.7 Å². The van der Waals surface area contributed by atoms with Crippen LogP contribution in [-0.2, 0) is 6.54 Å². The van der Waals surface area contributed by atoms with Gasteiger partial charge in [-0.25, -0.2) is 9.50 Å². The number of nitrogens with one attached hydrogen (secondary N) is 3. The maximum atomic E-state index is 13.3. The zero-order valence-electron chi connectivity index (χ0n) is 21.0. The Hall–Kier alpha value is -4.69. The van der Waals surface area contributed by atoms with E-state index in [1.165, 1.54) is 5.56 Å². The Bertz CT molecular complexity index is 1540. The number of carbonyl (C=O) groups excluding carboxylic acids is 1. The quantitative estimate of drug-likeness (QED) is 0.299. The lowest BCUT2D eigenvalue weighted by Crippen LogP contribution is -2.43. The lowest BCUT2D eigenvalue weighted by molar-refractivity contribution is 0.102. The zero-order valence-corrected chi connectivity index (χ0v) is 21.0. The fourth-order valence-electron chi connectivity index (χ4n) is 4.71. The molecule has 3 aromatic carbocycles. The molecule has 6 rings (SSSR count). The third-order valence-electron chi connectivity index (χ3n) is 6.75. The van der Waals surface area contributed by atoms with Gasteiger partial charge in [0.15, 0.2) is 5.65 Å². The summed E-state index contributed by atoms with van der Waals surface area (Å²) in [6.07, 6.45) is 3.56. The Kier molecular flexibility index (Phi) is 6.70. The first-order valence-corrected chi connectivity index (χ1v) is 12.8. The highest BCUT2D eigenvalue weighted by molar-refractivity contribution is 6.05. The maximum absolute atomic E-state index is 13.3. The predicted octanol–water partition coefficient (Wildman–Crippen LogP) is 4.67. The van der Waals surface area contributed by atoms with Crippen LogP contribution < -0.4 is 20.9 Å². The van der Waals surface area contributed by atoms with E-state index in [1.807, 2.05) is 66.7 Å². The van der Waals surface area contributed by atoms with Gasteiger partial charge in [-0.3, -0.25) is 4.79 Å². The first kappa shape index (κ1) is 23.7. The van der Waals surface area contributed by atoms with Gasteiger partial charge in [-0.2, -0.15) is 5.10 Å². The molecule has 0 aliphatic carbocycles. The van der Waals surface area contributed by atoms with E-state index >= 15 is 0 Å². The monoisotopic (exact) mass is 503 g/mol. The largest absolute Gasteiger partial charge is 0.381 e. The van der Waals surface area contributed by atoms with Gasteiger partial charge in [0.05, 0.1) is 17.6 Å². The van der Waals surface area contributed by atoms with Crippen molar-refractivity contribution in [1.29, 1.82) is 0 Å². The fourth-order valence-corrected chi connectivity index (χ4v) is 4.71. The molecular formula is C30H29N7O. The molecule has 8 heteroatoms. The molecule has 1 aliphatic rings. The first-order valence-electron chi connectivity index (χ1n) is 12.8. The van der Waals surface area contributed by atoms with Gasteiger partial charge in [0.25, 0.3) is 5.91 Å².